The van der Waals surface area contributed by atoms with Crippen LogP contribution in [0.5, 0.6) is 11.8 Å². The Hall–Kier alpha value is -2.15. The molecule has 0 saturated carbocycles. The summed E-state index contributed by atoms with van der Waals surface area (Å²) in [5, 5.41) is 2.59. The highest BCUT2D eigenvalue weighted by Gasteiger charge is 2.11. The molecule has 0 fully saturated rings. The molecule has 0 atom stereocenters. The number of carbonyl (C=O) groups excluding carboxylic acids is 1. The van der Waals surface area contributed by atoms with E-state index in [-0.39, 0.29) is 11.9 Å². The Balaban J connectivity index is 2.23. The van der Waals surface area contributed by atoms with Crippen molar-refractivity contribution in [1.82, 2.24) is 9.97 Å². The number of methoxy groups -OCH3 is 2. The number of rotatable bonds is 4. The first-order valence-electron chi connectivity index (χ1n) is 5.66. The van der Waals surface area contributed by atoms with Crippen LogP contribution >= 0.6 is 15.9 Å². The fraction of sp³-hybridized carbons (Fsp3) is 0.154. The van der Waals surface area contributed by atoms with Gasteiger partial charge in [-0.15, -0.1) is 0 Å². The highest BCUT2D eigenvalue weighted by molar-refractivity contribution is 9.10. The van der Waals surface area contributed by atoms with Gasteiger partial charge in [0.1, 0.15) is 0 Å². The van der Waals surface area contributed by atoms with Gasteiger partial charge in [-0.2, -0.15) is 9.97 Å². The number of nitrogens with one attached hydrogen (secondary N) is 1. The number of anilines is 1. The van der Waals surface area contributed by atoms with E-state index in [1.165, 1.54) is 20.3 Å². The second-order valence-corrected chi connectivity index (χ2v) is 4.66. The number of hydrogen-bond donors (Lipinski definition) is 1. The summed E-state index contributed by atoms with van der Waals surface area (Å²) in [6, 6.07) is 8.52. The summed E-state index contributed by atoms with van der Waals surface area (Å²) in [7, 11) is 2.95. The quantitative estimate of drug-likeness (QED) is 0.927. The van der Waals surface area contributed by atoms with Crippen molar-refractivity contribution in [1.29, 1.82) is 0 Å². The Labute approximate surface area is 124 Å². The van der Waals surface area contributed by atoms with Crippen LogP contribution in [0.1, 0.15) is 10.4 Å². The highest BCUT2D eigenvalue weighted by atomic mass is 79.9. The maximum atomic E-state index is 12.1. The van der Waals surface area contributed by atoms with Gasteiger partial charge in [-0.05, 0) is 18.2 Å². The predicted molar refractivity (Wildman–Crippen MR) is 77.2 cm³/mol. The van der Waals surface area contributed by atoms with E-state index >= 15 is 0 Å². The largest absolute Gasteiger partial charge is 0.481 e. The molecule has 0 spiro atoms. The molecule has 7 heteroatoms. The first-order valence-corrected chi connectivity index (χ1v) is 6.45. The van der Waals surface area contributed by atoms with Gasteiger partial charge in [0, 0.05) is 10.0 Å². The third-order valence-corrected chi connectivity index (χ3v) is 2.90. The van der Waals surface area contributed by atoms with Crippen molar-refractivity contribution in [3.63, 3.8) is 0 Å². The Bertz CT molecular complexity index is 612. The van der Waals surface area contributed by atoms with Crippen LogP contribution in [0.15, 0.2) is 34.8 Å². The van der Waals surface area contributed by atoms with Gasteiger partial charge in [0.25, 0.3) is 5.91 Å². The second kappa shape index (κ2) is 6.33. The summed E-state index contributed by atoms with van der Waals surface area (Å²) < 4.78 is 10.8. The van der Waals surface area contributed by atoms with Crippen LogP contribution < -0.4 is 14.8 Å². The van der Waals surface area contributed by atoms with Crippen LogP contribution in [-0.4, -0.2) is 30.1 Å². The van der Waals surface area contributed by atoms with Crippen molar-refractivity contribution >= 4 is 27.8 Å². The fourth-order valence-electron chi connectivity index (χ4n) is 1.47. The van der Waals surface area contributed by atoms with Crippen molar-refractivity contribution in [2.24, 2.45) is 0 Å². The summed E-state index contributed by atoms with van der Waals surface area (Å²) in [6.45, 7) is 0. The lowest BCUT2D eigenvalue weighted by Crippen LogP contribution is -2.14. The Kier molecular flexibility index (Phi) is 4.52. The van der Waals surface area contributed by atoms with Crippen molar-refractivity contribution in [3.05, 3.63) is 40.4 Å². The third-order valence-electron chi connectivity index (χ3n) is 2.41. The number of benzene rings is 1. The first-order chi connectivity index (χ1) is 9.62. The lowest BCUT2D eigenvalue weighted by atomic mass is 10.2. The summed E-state index contributed by atoms with van der Waals surface area (Å²) in [5.74, 6) is 0.413. The topological polar surface area (TPSA) is 73.3 Å². The molecule has 0 aliphatic heterocycles. The number of halogens is 1. The van der Waals surface area contributed by atoms with Crippen LogP contribution in [0.2, 0.25) is 0 Å². The molecule has 2 aromatic rings. The number of hydrogen-bond acceptors (Lipinski definition) is 5. The summed E-state index contributed by atoms with van der Waals surface area (Å²) in [5.41, 5.74) is 0.491. The molecule has 0 radical (unpaired) electrons. The number of nitrogens with zero attached hydrogens (tertiary/aromatic N) is 2. The van der Waals surface area contributed by atoms with E-state index in [9.17, 15) is 4.79 Å². The van der Waals surface area contributed by atoms with Crippen LogP contribution in [0.25, 0.3) is 0 Å². The maximum absolute atomic E-state index is 12.1. The molecule has 104 valence electrons. The first kappa shape index (κ1) is 14.3. The average molecular weight is 338 g/mol. The predicted octanol–water partition coefficient (Wildman–Crippen LogP) is 2.51. The monoisotopic (exact) mass is 337 g/mol. The fourth-order valence-corrected chi connectivity index (χ4v) is 1.87. The Morgan fingerprint density at radius 1 is 1.15 bits per heavy atom. The minimum absolute atomic E-state index is 0.117. The molecular weight excluding hydrogens is 326 g/mol. The highest BCUT2D eigenvalue weighted by Crippen LogP contribution is 2.18. The minimum atomic E-state index is -0.318. The average Bonchev–Trinajstić information content (AvgIpc) is 2.46. The van der Waals surface area contributed by atoms with E-state index < -0.39 is 0 Å². The lowest BCUT2D eigenvalue weighted by molar-refractivity contribution is 0.102. The van der Waals surface area contributed by atoms with Gasteiger partial charge in [0.05, 0.1) is 20.3 Å². The molecule has 1 aromatic heterocycles. The molecular formula is C13H12BrN3O3. The summed E-state index contributed by atoms with van der Waals surface area (Å²) in [6.07, 6.45) is 0. The van der Waals surface area contributed by atoms with E-state index in [1.807, 2.05) is 6.07 Å². The van der Waals surface area contributed by atoms with Gasteiger partial charge < -0.3 is 9.47 Å². The third kappa shape index (κ3) is 3.45. The Morgan fingerprint density at radius 3 is 2.35 bits per heavy atom. The molecule has 1 heterocycles. The normalized spacial score (nSPS) is 9.95. The lowest BCUT2D eigenvalue weighted by Gasteiger charge is -2.07. The molecule has 0 aliphatic rings. The van der Waals surface area contributed by atoms with Crippen LogP contribution in [0.4, 0.5) is 5.95 Å². The molecule has 0 saturated heterocycles. The summed E-state index contributed by atoms with van der Waals surface area (Å²) in [4.78, 5) is 20.1. The SMILES string of the molecule is COc1cc(OC)nc(NC(=O)c2cccc(Br)c2)n1. The molecule has 1 amide bonds. The second-order valence-electron chi connectivity index (χ2n) is 3.74. The number of carbonyl (C=O) groups is 1. The van der Waals surface area contributed by atoms with Crippen molar-refractivity contribution < 1.29 is 14.3 Å². The smallest absolute Gasteiger partial charge is 0.258 e. The van der Waals surface area contributed by atoms with Crippen molar-refractivity contribution in [2.45, 2.75) is 0 Å². The molecule has 6 nitrogen and oxygen atoms in total. The minimum Gasteiger partial charge on any atom is -0.481 e. The van der Waals surface area contributed by atoms with Crippen LogP contribution in [0.3, 0.4) is 0 Å². The molecule has 1 N–H and O–H groups in total. The molecule has 0 unspecified atom stereocenters. The van der Waals surface area contributed by atoms with Crippen molar-refractivity contribution in [3.8, 4) is 11.8 Å². The molecule has 0 bridgehead atoms. The zero-order valence-electron chi connectivity index (χ0n) is 10.9. The zero-order chi connectivity index (χ0) is 14.5. The number of ether oxygens (including phenoxy) is 2. The van der Waals surface area contributed by atoms with Gasteiger partial charge in [-0.1, -0.05) is 22.0 Å². The maximum Gasteiger partial charge on any atom is 0.258 e. The Morgan fingerprint density at radius 2 is 1.80 bits per heavy atom. The van der Waals surface area contributed by atoms with Gasteiger partial charge in [-0.3, -0.25) is 10.1 Å². The van der Waals surface area contributed by atoms with Crippen LogP contribution in [-0.2, 0) is 0 Å². The van der Waals surface area contributed by atoms with E-state index in [2.05, 4.69) is 31.2 Å². The van der Waals surface area contributed by atoms with Gasteiger partial charge >= 0.3 is 0 Å². The van der Waals surface area contributed by atoms with E-state index in [0.29, 0.717) is 17.3 Å². The van der Waals surface area contributed by atoms with E-state index in [4.69, 9.17) is 9.47 Å². The molecule has 2 rings (SSSR count). The molecule has 20 heavy (non-hydrogen) atoms. The number of aromatic nitrogens is 2. The van der Waals surface area contributed by atoms with Gasteiger partial charge in [-0.25, -0.2) is 0 Å². The van der Waals surface area contributed by atoms with Crippen molar-refractivity contribution in [2.75, 3.05) is 19.5 Å². The van der Waals surface area contributed by atoms with E-state index in [1.54, 1.807) is 18.2 Å². The van der Waals surface area contributed by atoms with Gasteiger partial charge in [0.15, 0.2) is 0 Å². The van der Waals surface area contributed by atoms with Crippen LogP contribution in [0, 0.1) is 0 Å². The standard InChI is InChI=1S/C13H12BrN3O3/c1-19-10-7-11(20-2)16-13(15-10)17-12(18)8-4-3-5-9(14)6-8/h3-7H,1-2H3,(H,15,16,17,18). The van der Waals surface area contributed by atoms with Gasteiger partial charge in [0.2, 0.25) is 17.7 Å². The van der Waals surface area contributed by atoms with E-state index in [0.717, 1.165) is 4.47 Å². The zero-order valence-corrected chi connectivity index (χ0v) is 12.5. The molecule has 0 aliphatic carbocycles. The molecule has 1 aromatic carbocycles. The summed E-state index contributed by atoms with van der Waals surface area (Å²) >= 11 is 3.31. The number of amides is 1.